The molecular weight excluding hydrogens is 262 g/mol. The minimum Gasteiger partial charge on any atom is -0.420 e. The van der Waals surface area contributed by atoms with Crippen LogP contribution in [0.15, 0.2) is 28.7 Å². The Balaban J connectivity index is 1.45. The largest absolute Gasteiger partial charge is 0.420 e. The Morgan fingerprint density at radius 2 is 1.95 bits per heavy atom. The van der Waals surface area contributed by atoms with Crippen molar-refractivity contribution in [2.45, 2.75) is 32.1 Å². The first-order valence-corrected chi connectivity index (χ1v) is 7.91. The molecule has 0 N–H and O–H groups in total. The van der Waals surface area contributed by atoms with Gasteiger partial charge in [0.15, 0.2) is 0 Å². The van der Waals surface area contributed by atoms with Gasteiger partial charge in [0.05, 0.1) is 5.92 Å². The highest BCUT2D eigenvalue weighted by atomic mass is 16.4. The molecule has 2 heterocycles. The molecule has 0 unspecified atom stereocenters. The van der Waals surface area contributed by atoms with Gasteiger partial charge < -0.3 is 9.32 Å². The molecule has 110 valence electrons. The predicted molar refractivity (Wildman–Crippen MR) is 81.0 cm³/mol. The van der Waals surface area contributed by atoms with Crippen LogP contribution in [0.5, 0.6) is 0 Å². The average Bonchev–Trinajstić information content (AvgIpc) is 2.99. The molecular formula is C17H21N3O. The summed E-state index contributed by atoms with van der Waals surface area (Å²) in [7, 11) is 0. The summed E-state index contributed by atoms with van der Waals surface area (Å²) < 4.78 is 5.91. The van der Waals surface area contributed by atoms with E-state index in [2.05, 4.69) is 34.2 Å². The zero-order valence-electron chi connectivity index (χ0n) is 12.5. The van der Waals surface area contributed by atoms with Gasteiger partial charge in [-0.15, -0.1) is 10.2 Å². The lowest BCUT2D eigenvalue weighted by molar-refractivity contribution is 0.314. The Morgan fingerprint density at radius 1 is 1.14 bits per heavy atom. The molecule has 1 aliphatic carbocycles. The first kappa shape index (κ1) is 13.0. The lowest BCUT2D eigenvalue weighted by atomic mass is 10.1. The maximum atomic E-state index is 5.91. The molecule has 1 aromatic carbocycles. The van der Waals surface area contributed by atoms with Crippen LogP contribution < -0.4 is 0 Å². The van der Waals surface area contributed by atoms with Crippen LogP contribution in [0, 0.1) is 12.8 Å². The van der Waals surface area contributed by atoms with Crippen LogP contribution in [-0.4, -0.2) is 34.7 Å². The van der Waals surface area contributed by atoms with E-state index in [4.69, 9.17) is 4.42 Å². The van der Waals surface area contributed by atoms with Gasteiger partial charge in [-0.3, -0.25) is 0 Å². The Hall–Kier alpha value is -1.68. The second kappa shape index (κ2) is 5.26. The molecule has 2 aromatic rings. The third-order valence-electron chi connectivity index (χ3n) is 4.57. The fourth-order valence-electron chi connectivity index (χ4n) is 3.08. The molecule has 1 saturated heterocycles. The van der Waals surface area contributed by atoms with Crippen molar-refractivity contribution in [1.29, 1.82) is 0 Å². The van der Waals surface area contributed by atoms with E-state index >= 15 is 0 Å². The van der Waals surface area contributed by atoms with Gasteiger partial charge in [0.25, 0.3) is 0 Å². The van der Waals surface area contributed by atoms with Gasteiger partial charge in [-0.05, 0) is 50.8 Å². The molecule has 1 saturated carbocycles. The summed E-state index contributed by atoms with van der Waals surface area (Å²) in [6.45, 7) is 5.58. The Labute approximate surface area is 125 Å². The Bertz CT molecular complexity index is 615. The number of likely N-dealkylation sites (tertiary alicyclic amines) is 1. The number of rotatable bonds is 4. The quantitative estimate of drug-likeness (QED) is 0.864. The minimum atomic E-state index is 0.412. The van der Waals surface area contributed by atoms with E-state index < -0.39 is 0 Å². The predicted octanol–water partition coefficient (Wildman–Crippen LogP) is 3.24. The monoisotopic (exact) mass is 283 g/mol. The highest BCUT2D eigenvalue weighted by Gasteiger charge is 2.32. The van der Waals surface area contributed by atoms with Crippen molar-refractivity contribution >= 4 is 0 Å². The highest BCUT2D eigenvalue weighted by molar-refractivity contribution is 5.52. The van der Waals surface area contributed by atoms with Crippen molar-refractivity contribution in [3.63, 3.8) is 0 Å². The fraction of sp³-hybridized carbons (Fsp3) is 0.529. The third-order valence-corrected chi connectivity index (χ3v) is 4.57. The van der Waals surface area contributed by atoms with E-state index in [9.17, 15) is 0 Å². The number of aromatic nitrogens is 2. The van der Waals surface area contributed by atoms with Crippen LogP contribution in [0.25, 0.3) is 11.5 Å². The van der Waals surface area contributed by atoms with E-state index in [1.165, 1.54) is 31.5 Å². The summed E-state index contributed by atoms with van der Waals surface area (Å²) in [5.74, 6) is 2.82. The molecule has 1 aliphatic heterocycles. The molecule has 2 aliphatic rings. The first-order chi connectivity index (χ1) is 10.3. The van der Waals surface area contributed by atoms with Crippen molar-refractivity contribution in [3.05, 3.63) is 35.7 Å². The molecule has 4 nitrogen and oxygen atoms in total. The SMILES string of the molecule is Cc1ccc(-c2nnc([C@H]3CCN(CC4CC4)C3)o2)cc1. The number of hydrogen-bond donors (Lipinski definition) is 0. The summed E-state index contributed by atoms with van der Waals surface area (Å²) in [5, 5.41) is 8.51. The number of aryl methyl sites for hydroxylation is 1. The van der Waals surface area contributed by atoms with E-state index in [0.717, 1.165) is 30.3 Å². The maximum Gasteiger partial charge on any atom is 0.247 e. The molecule has 4 heteroatoms. The van der Waals surface area contributed by atoms with Crippen LogP contribution in [-0.2, 0) is 0 Å². The van der Waals surface area contributed by atoms with E-state index in [1.807, 2.05) is 12.1 Å². The van der Waals surface area contributed by atoms with Gasteiger partial charge in [0.2, 0.25) is 11.8 Å². The molecule has 0 bridgehead atoms. The number of hydrogen-bond acceptors (Lipinski definition) is 4. The van der Waals surface area contributed by atoms with Crippen LogP contribution in [0.2, 0.25) is 0 Å². The molecule has 21 heavy (non-hydrogen) atoms. The van der Waals surface area contributed by atoms with Crippen molar-refractivity contribution in [2.75, 3.05) is 19.6 Å². The third kappa shape index (κ3) is 2.86. The van der Waals surface area contributed by atoms with Gasteiger partial charge in [-0.2, -0.15) is 0 Å². The Morgan fingerprint density at radius 3 is 2.71 bits per heavy atom. The molecule has 0 spiro atoms. The molecule has 1 atom stereocenters. The average molecular weight is 283 g/mol. The summed E-state index contributed by atoms with van der Waals surface area (Å²) in [6.07, 6.45) is 3.97. The van der Waals surface area contributed by atoms with Gasteiger partial charge in [0.1, 0.15) is 0 Å². The lowest BCUT2D eigenvalue weighted by Gasteiger charge is -2.13. The second-order valence-electron chi connectivity index (χ2n) is 6.50. The standard InChI is InChI=1S/C17H21N3O/c1-12-2-6-14(7-3-12)16-18-19-17(21-16)15-8-9-20(11-15)10-13-4-5-13/h2-3,6-7,13,15H,4-5,8-11H2,1H3/t15-/m0/s1. The van der Waals surface area contributed by atoms with Gasteiger partial charge in [-0.25, -0.2) is 0 Å². The summed E-state index contributed by atoms with van der Waals surface area (Å²) in [5.41, 5.74) is 2.25. The van der Waals surface area contributed by atoms with Crippen molar-refractivity contribution in [3.8, 4) is 11.5 Å². The number of benzene rings is 1. The second-order valence-corrected chi connectivity index (χ2v) is 6.50. The van der Waals surface area contributed by atoms with E-state index in [-0.39, 0.29) is 0 Å². The lowest BCUT2D eigenvalue weighted by Crippen LogP contribution is -2.22. The molecule has 2 fully saturated rings. The fourth-order valence-corrected chi connectivity index (χ4v) is 3.08. The van der Waals surface area contributed by atoms with Crippen LogP contribution in [0.3, 0.4) is 0 Å². The summed E-state index contributed by atoms with van der Waals surface area (Å²) >= 11 is 0. The van der Waals surface area contributed by atoms with Crippen LogP contribution >= 0.6 is 0 Å². The zero-order chi connectivity index (χ0) is 14.2. The normalized spacial score (nSPS) is 22.8. The van der Waals surface area contributed by atoms with Crippen molar-refractivity contribution in [1.82, 2.24) is 15.1 Å². The zero-order valence-corrected chi connectivity index (χ0v) is 12.5. The van der Waals surface area contributed by atoms with E-state index in [1.54, 1.807) is 0 Å². The van der Waals surface area contributed by atoms with Crippen LogP contribution in [0.1, 0.15) is 36.6 Å². The van der Waals surface area contributed by atoms with E-state index in [0.29, 0.717) is 11.8 Å². The smallest absolute Gasteiger partial charge is 0.247 e. The van der Waals surface area contributed by atoms with Gasteiger partial charge in [-0.1, -0.05) is 17.7 Å². The molecule has 0 radical (unpaired) electrons. The summed E-state index contributed by atoms with van der Waals surface area (Å²) in [6, 6.07) is 8.24. The summed E-state index contributed by atoms with van der Waals surface area (Å²) in [4.78, 5) is 2.55. The molecule has 4 rings (SSSR count). The van der Waals surface area contributed by atoms with Crippen molar-refractivity contribution in [2.24, 2.45) is 5.92 Å². The van der Waals surface area contributed by atoms with Crippen LogP contribution in [0.4, 0.5) is 0 Å². The topological polar surface area (TPSA) is 42.2 Å². The van der Waals surface area contributed by atoms with Gasteiger partial charge >= 0.3 is 0 Å². The first-order valence-electron chi connectivity index (χ1n) is 7.91. The maximum absolute atomic E-state index is 5.91. The molecule has 0 amide bonds. The number of nitrogens with zero attached hydrogens (tertiary/aromatic N) is 3. The molecule has 1 aromatic heterocycles. The minimum absolute atomic E-state index is 0.412. The Kier molecular flexibility index (Phi) is 3.26. The van der Waals surface area contributed by atoms with Gasteiger partial charge in [0, 0.05) is 18.7 Å². The highest BCUT2D eigenvalue weighted by Crippen LogP contribution is 2.34. The van der Waals surface area contributed by atoms with Crippen molar-refractivity contribution < 1.29 is 4.42 Å².